The maximum absolute atomic E-state index is 13.6. The third-order valence-electron chi connectivity index (χ3n) is 2.94. The first-order valence-electron chi connectivity index (χ1n) is 6.12. The molecule has 2 aromatic carbocycles. The molecule has 0 aliphatic heterocycles. The topological polar surface area (TPSA) is 55.1 Å². The van der Waals surface area contributed by atoms with Crippen molar-refractivity contribution in [3.8, 4) is 0 Å². The number of amides is 1. The number of nitrogens with two attached hydrogens (primary N) is 1. The van der Waals surface area contributed by atoms with Crippen molar-refractivity contribution in [3.63, 3.8) is 0 Å². The first-order valence-corrected chi connectivity index (χ1v) is 6.50. The summed E-state index contributed by atoms with van der Waals surface area (Å²) in [5.74, 6) is -1.43. The van der Waals surface area contributed by atoms with Crippen molar-refractivity contribution in [3.05, 3.63) is 64.9 Å². The summed E-state index contributed by atoms with van der Waals surface area (Å²) in [6.45, 7) is 0.137. The average Bonchev–Trinajstić information content (AvgIpc) is 2.45. The molecule has 0 bridgehead atoms. The summed E-state index contributed by atoms with van der Waals surface area (Å²) in [5, 5.41) is 2.87. The number of anilines is 1. The van der Waals surface area contributed by atoms with Gasteiger partial charge in [-0.3, -0.25) is 4.79 Å². The average molecular weight is 293 g/mol. The lowest BCUT2D eigenvalue weighted by atomic mass is 9.98. The minimum absolute atomic E-state index is 0.0527. The zero-order valence-electron chi connectivity index (χ0n) is 10.6. The second-order valence-corrected chi connectivity index (χ2v) is 4.75. The fourth-order valence-electron chi connectivity index (χ4n) is 1.89. The molecule has 104 valence electrons. The molecule has 1 atom stereocenters. The summed E-state index contributed by atoms with van der Waals surface area (Å²) in [4.78, 5) is 12.2. The van der Waals surface area contributed by atoms with Gasteiger partial charge >= 0.3 is 0 Å². The van der Waals surface area contributed by atoms with Gasteiger partial charge in [0.25, 0.3) is 0 Å². The van der Waals surface area contributed by atoms with Crippen molar-refractivity contribution < 1.29 is 9.18 Å². The summed E-state index contributed by atoms with van der Waals surface area (Å²) in [7, 11) is 0. The number of rotatable bonds is 4. The SMILES string of the molecule is NCC(C(=O)Nc1cc(Cl)ccc1F)c1ccccc1. The van der Waals surface area contributed by atoms with Crippen molar-refractivity contribution in [2.75, 3.05) is 11.9 Å². The first-order chi connectivity index (χ1) is 9.61. The number of benzene rings is 2. The highest BCUT2D eigenvalue weighted by molar-refractivity contribution is 6.30. The lowest BCUT2D eigenvalue weighted by Gasteiger charge is -2.15. The Morgan fingerprint density at radius 3 is 2.60 bits per heavy atom. The molecule has 0 radical (unpaired) electrons. The number of halogens is 2. The maximum atomic E-state index is 13.6. The molecule has 0 aliphatic rings. The van der Waals surface area contributed by atoms with Gasteiger partial charge in [0.1, 0.15) is 5.82 Å². The van der Waals surface area contributed by atoms with Gasteiger partial charge in [-0.1, -0.05) is 41.9 Å². The monoisotopic (exact) mass is 292 g/mol. The van der Waals surface area contributed by atoms with Crippen LogP contribution in [0.5, 0.6) is 0 Å². The molecule has 0 spiro atoms. The van der Waals surface area contributed by atoms with Crippen LogP contribution in [0.15, 0.2) is 48.5 Å². The molecule has 0 saturated heterocycles. The Morgan fingerprint density at radius 1 is 1.25 bits per heavy atom. The predicted octanol–water partition coefficient (Wildman–Crippen LogP) is 3.16. The van der Waals surface area contributed by atoms with E-state index in [4.69, 9.17) is 17.3 Å². The highest BCUT2D eigenvalue weighted by Gasteiger charge is 2.20. The molecule has 5 heteroatoms. The third-order valence-corrected chi connectivity index (χ3v) is 3.18. The van der Waals surface area contributed by atoms with Crippen molar-refractivity contribution in [1.82, 2.24) is 0 Å². The van der Waals surface area contributed by atoms with E-state index in [1.54, 1.807) is 0 Å². The molecule has 3 N–H and O–H groups in total. The summed E-state index contributed by atoms with van der Waals surface area (Å²) in [6, 6.07) is 13.1. The molecular weight excluding hydrogens is 279 g/mol. The van der Waals surface area contributed by atoms with Gasteiger partial charge in [-0.05, 0) is 23.8 Å². The molecular formula is C15H14ClFN2O. The Hall–Kier alpha value is -1.91. The van der Waals surface area contributed by atoms with Gasteiger partial charge in [0.15, 0.2) is 0 Å². The minimum atomic E-state index is -0.536. The van der Waals surface area contributed by atoms with Crippen LogP contribution in [0, 0.1) is 5.82 Å². The standard InChI is InChI=1S/C15H14ClFN2O/c16-11-6-7-13(17)14(8-11)19-15(20)12(9-18)10-4-2-1-3-5-10/h1-8,12H,9,18H2,(H,19,20). The van der Waals surface area contributed by atoms with E-state index in [-0.39, 0.29) is 18.1 Å². The van der Waals surface area contributed by atoms with Crippen LogP contribution in [0.25, 0.3) is 0 Å². The molecule has 0 aliphatic carbocycles. The van der Waals surface area contributed by atoms with Crippen molar-refractivity contribution in [2.45, 2.75) is 5.92 Å². The molecule has 2 aromatic rings. The molecule has 1 amide bonds. The third kappa shape index (κ3) is 3.35. The molecule has 0 aromatic heterocycles. The van der Waals surface area contributed by atoms with Crippen LogP contribution in [0.3, 0.4) is 0 Å². The lowest BCUT2D eigenvalue weighted by Crippen LogP contribution is -2.27. The van der Waals surface area contributed by atoms with E-state index >= 15 is 0 Å². The Labute approximate surface area is 121 Å². The second kappa shape index (κ2) is 6.50. The Kier molecular flexibility index (Phi) is 4.71. The van der Waals surface area contributed by atoms with E-state index in [0.717, 1.165) is 5.56 Å². The van der Waals surface area contributed by atoms with Crippen LogP contribution in [0.2, 0.25) is 5.02 Å². The Bertz CT molecular complexity index is 604. The number of carbonyl (C=O) groups excluding carboxylic acids is 1. The number of hydrogen-bond donors (Lipinski definition) is 2. The first kappa shape index (κ1) is 14.5. The fourth-order valence-corrected chi connectivity index (χ4v) is 2.07. The second-order valence-electron chi connectivity index (χ2n) is 4.31. The van der Waals surface area contributed by atoms with Crippen LogP contribution in [0.4, 0.5) is 10.1 Å². The van der Waals surface area contributed by atoms with E-state index < -0.39 is 11.7 Å². The van der Waals surface area contributed by atoms with Crippen LogP contribution >= 0.6 is 11.6 Å². The van der Waals surface area contributed by atoms with Crippen molar-refractivity contribution in [1.29, 1.82) is 0 Å². The normalized spacial score (nSPS) is 11.9. The molecule has 20 heavy (non-hydrogen) atoms. The molecule has 0 heterocycles. The highest BCUT2D eigenvalue weighted by Crippen LogP contribution is 2.22. The van der Waals surface area contributed by atoms with Crippen molar-refractivity contribution in [2.24, 2.45) is 5.73 Å². The zero-order valence-corrected chi connectivity index (χ0v) is 11.4. The van der Waals surface area contributed by atoms with Crippen LogP contribution in [-0.4, -0.2) is 12.5 Å². The van der Waals surface area contributed by atoms with Gasteiger partial charge in [-0.2, -0.15) is 0 Å². The molecule has 1 unspecified atom stereocenters. The van der Waals surface area contributed by atoms with E-state index in [1.165, 1.54) is 18.2 Å². The van der Waals surface area contributed by atoms with Crippen LogP contribution in [0.1, 0.15) is 11.5 Å². The fraction of sp³-hybridized carbons (Fsp3) is 0.133. The Balaban J connectivity index is 2.20. The van der Waals surface area contributed by atoms with E-state index in [1.807, 2.05) is 30.3 Å². The molecule has 3 nitrogen and oxygen atoms in total. The summed E-state index contributed by atoms with van der Waals surface area (Å²) in [5.41, 5.74) is 6.49. The minimum Gasteiger partial charge on any atom is -0.329 e. The quantitative estimate of drug-likeness (QED) is 0.909. The summed E-state index contributed by atoms with van der Waals surface area (Å²) >= 11 is 5.79. The summed E-state index contributed by atoms with van der Waals surface area (Å²) in [6.07, 6.45) is 0. The van der Waals surface area contributed by atoms with Gasteiger partial charge in [0, 0.05) is 11.6 Å². The van der Waals surface area contributed by atoms with Crippen LogP contribution in [-0.2, 0) is 4.79 Å². The van der Waals surface area contributed by atoms with Gasteiger partial charge in [-0.15, -0.1) is 0 Å². The number of hydrogen-bond acceptors (Lipinski definition) is 2. The largest absolute Gasteiger partial charge is 0.329 e. The maximum Gasteiger partial charge on any atom is 0.233 e. The molecule has 0 saturated carbocycles. The molecule has 0 fully saturated rings. The van der Waals surface area contributed by atoms with Gasteiger partial charge in [-0.25, -0.2) is 4.39 Å². The predicted molar refractivity (Wildman–Crippen MR) is 78.3 cm³/mol. The Morgan fingerprint density at radius 2 is 1.95 bits per heavy atom. The van der Waals surface area contributed by atoms with Gasteiger partial charge in [0.05, 0.1) is 11.6 Å². The summed E-state index contributed by atoms with van der Waals surface area (Å²) < 4.78 is 13.6. The van der Waals surface area contributed by atoms with Crippen LogP contribution < -0.4 is 11.1 Å². The van der Waals surface area contributed by atoms with E-state index in [9.17, 15) is 9.18 Å². The number of nitrogens with one attached hydrogen (secondary N) is 1. The number of carbonyl (C=O) groups is 1. The lowest BCUT2D eigenvalue weighted by molar-refractivity contribution is -0.117. The van der Waals surface area contributed by atoms with Crippen molar-refractivity contribution >= 4 is 23.2 Å². The smallest absolute Gasteiger partial charge is 0.233 e. The van der Waals surface area contributed by atoms with Gasteiger partial charge < -0.3 is 11.1 Å². The van der Waals surface area contributed by atoms with E-state index in [2.05, 4.69) is 5.32 Å². The highest BCUT2D eigenvalue weighted by atomic mass is 35.5. The zero-order chi connectivity index (χ0) is 14.5. The molecule has 2 rings (SSSR count). The van der Waals surface area contributed by atoms with E-state index in [0.29, 0.717) is 5.02 Å². The van der Waals surface area contributed by atoms with Gasteiger partial charge in [0.2, 0.25) is 5.91 Å².